The van der Waals surface area contributed by atoms with Gasteiger partial charge in [-0.25, -0.2) is 14.8 Å². The average molecular weight is 632 g/mol. The summed E-state index contributed by atoms with van der Waals surface area (Å²) < 4.78 is 3.01. The average Bonchev–Trinajstić information content (AvgIpc) is 3.49. The third kappa shape index (κ3) is 6.23. The summed E-state index contributed by atoms with van der Waals surface area (Å²) in [5.74, 6) is 4.68. The van der Waals surface area contributed by atoms with Gasteiger partial charge in [0.2, 0.25) is 0 Å². The Bertz CT molecular complexity index is 1430. The van der Waals surface area contributed by atoms with Crippen LogP contribution in [-0.2, 0) is 0 Å². The van der Waals surface area contributed by atoms with Crippen molar-refractivity contribution in [3.8, 4) is 0 Å². The predicted octanol–water partition coefficient (Wildman–Crippen LogP) is 6.82. The predicted molar refractivity (Wildman–Crippen MR) is 181 cm³/mol. The molecular weight excluding hydrogens is 582 g/mol. The van der Waals surface area contributed by atoms with E-state index in [2.05, 4.69) is 52.5 Å². The minimum atomic E-state index is -0.204. The number of rotatable bonds is 3. The van der Waals surface area contributed by atoms with Gasteiger partial charge in [-0.05, 0) is 119 Å². The van der Waals surface area contributed by atoms with E-state index >= 15 is 0 Å². The first kappa shape index (κ1) is 30.6. The molecule has 3 unspecified atom stereocenters. The highest BCUT2D eigenvalue weighted by Crippen LogP contribution is 2.53. The molecule has 7 rings (SSSR count). The van der Waals surface area contributed by atoms with Gasteiger partial charge in [-0.15, -0.1) is 0 Å². The van der Waals surface area contributed by atoms with Gasteiger partial charge >= 0.3 is 6.03 Å². The van der Waals surface area contributed by atoms with Crippen molar-refractivity contribution < 1.29 is 9.59 Å². The molecule has 9 nitrogen and oxygen atoms in total. The van der Waals surface area contributed by atoms with Gasteiger partial charge in [0.25, 0.3) is 5.91 Å². The highest BCUT2D eigenvalue weighted by molar-refractivity contribution is 7.97. The lowest BCUT2D eigenvalue weighted by Gasteiger charge is -2.51. The number of aromatic nitrogens is 2. The van der Waals surface area contributed by atoms with E-state index in [1.807, 2.05) is 35.2 Å². The lowest BCUT2D eigenvalue weighted by atomic mass is 9.56. The minimum absolute atomic E-state index is 0.0546. The lowest BCUT2D eigenvalue weighted by Crippen LogP contribution is -2.47. The Morgan fingerprint density at radius 2 is 1.76 bits per heavy atom. The van der Waals surface area contributed by atoms with Gasteiger partial charge in [-0.1, -0.05) is 19.9 Å². The molecule has 2 saturated heterocycles. The summed E-state index contributed by atoms with van der Waals surface area (Å²) in [5, 5.41) is 4.17. The second-order valence-electron chi connectivity index (χ2n) is 15.5. The number of amides is 3. The maximum atomic E-state index is 14.0. The molecule has 10 heteroatoms. The van der Waals surface area contributed by atoms with Gasteiger partial charge in [0, 0.05) is 50.2 Å². The van der Waals surface area contributed by atoms with Crippen LogP contribution >= 0.6 is 11.9 Å². The zero-order valence-corrected chi connectivity index (χ0v) is 28.2. The molecule has 0 spiro atoms. The van der Waals surface area contributed by atoms with Crippen molar-refractivity contribution in [2.24, 2.45) is 29.1 Å². The number of nitrogens with one attached hydrogen (secondary N) is 2. The monoisotopic (exact) mass is 631 g/mol. The van der Waals surface area contributed by atoms with Crippen molar-refractivity contribution in [2.45, 2.75) is 89.6 Å². The van der Waals surface area contributed by atoms with Gasteiger partial charge in [-0.3, -0.25) is 14.4 Å². The Hall–Kier alpha value is -3.01. The van der Waals surface area contributed by atoms with Crippen molar-refractivity contribution >= 4 is 41.3 Å². The van der Waals surface area contributed by atoms with Crippen LogP contribution in [0.5, 0.6) is 0 Å². The Morgan fingerprint density at radius 3 is 2.56 bits per heavy atom. The van der Waals surface area contributed by atoms with Gasteiger partial charge in [0.05, 0.1) is 5.56 Å². The van der Waals surface area contributed by atoms with Crippen molar-refractivity contribution in [3.63, 3.8) is 0 Å². The SMILES string of the molecule is CC1CC2CC(C)CC(CN3CCN(c4ccc5c(n4)N4CC(CCCNc6cccc(n6)SNC5=O)CC4(C)C)C3=O)(C1)C2. The molecule has 2 aromatic rings. The fraction of sp³-hybridized carbons (Fsp3) is 0.657. The highest BCUT2D eigenvalue weighted by Gasteiger charge is 2.47. The summed E-state index contributed by atoms with van der Waals surface area (Å²) in [7, 11) is 0. The third-order valence-electron chi connectivity index (χ3n) is 11.0. The number of pyridine rings is 2. The van der Waals surface area contributed by atoms with E-state index < -0.39 is 0 Å². The number of carbonyl (C=O) groups excluding carboxylic acids is 2. The number of nitrogens with zero attached hydrogens (tertiary/aromatic N) is 5. The number of hydrogen-bond acceptors (Lipinski definition) is 7. The molecule has 2 aromatic heterocycles. The number of urea groups is 1. The van der Waals surface area contributed by atoms with Gasteiger partial charge < -0.3 is 15.1 Å². The normalized spacial score (nSPS) is 31.5. The van der Waals surface area contributed by atoms with Crippen molar-refractivity contribution in [1.82, 2.24) is 19.6 Å². The van der Waals surface area contributed by atoms with E-state index in [4.69, 9.17) is 4.98 Å². The van der Waals surface area contributed by atoms with Crippen LogP contribution < -0.4 is 19.8 Å². The largest absolute Gasteiger partial charge is 0.370 e. The van der Waals surface area contributed by atoms with Crippen LogP contribution in [0.1, 0.15) is 89.4 Å². The fourth-order valence-corrected chi connectivity index (χ4v) is 10.3. The topological polar surface area (TPSA) is 93.7 Å². The quantitative estimate of drug-likeness (QED) is 0.359. The fourth-order valence-electron chi connectivity index (χ4n) is 9.70. The van der Waals surface area contributed by atoms with Crippen molar-refractivity contribution in [3.05, 3.63) is 35.9 Å². The molecule has 0 radical (unpaired) electrons. The molecule has 2 saturated carbocycles. The summed E-state index contributed by atoms with van der Waals surface area (Å²) in [6, 6.07) is 9.61. The molecule has 6 bridgehead atoms. The molecule has 2 N–H and O–H groups in total. The first-order valence-electron chi connectivity index (χ1n) is 17.1. The minimum Gasteiger partial charge on any atom is -0.370 e. The summed E-state index contributed by atoms with van der Waals surface area (Å²) in [6.45, 7) is 13.2. The Labute approximate surface area is 272 Å². The molecule has 3 atom stereocenters. The van der Waals surface area contributed by atoms with Gasteiger partial charge in [0.1, 0.15) is 22.5 Å². The van der Waals surface area contributed by atoms with E-state index in [1.54, 1.807) is 0 Å². The zero-order chi connectivity index (χ0) is 31.3. The van der Waals surface area contributed by atoms with Crippen LogP contribution in [0, 0.1) is 29.1 Å². The van der Waals surface area contributed by atoms with Crippen LogP contribution in [0.25, 0.3) is 0 Å². The smallest absolute Gasteiger partial charge is 0.325 e. The number of hydrogen-bond donors (Lipinski definition) is 2. The summed E-state index contributed by atoms with van der Waals surface area (Å²) in [4.78, 5) is 43.8. The van der Waals surface area contributed by atoms with Crippen LogP contribution in [0.4, 0.5) is 22.2 Å². The van der Waals surface area contributed by atoms with E-state index in [9.17, 15) is 9.59 Å². The summed E-state index contributed by atoms with van der Waals surface area (Å²) in [5.41, 5.74) is 0.606. The highest BCUT2D eigenvalue weighted by atomic mass is 32.2. The van der Waals surface area contributed by atoms with E-state index in [0.29, 0.717) is 29.7 Å². The van der Waals surface area contributed by atoms with Crippen molar-refractivity contribution in [2.75, 3.05) is 47.8 Å². The second kappa shape index (κ2) is 12.0. The van der Waals surface area contributed by atoms with Crippen LogP contribution in [-0.4, -0.2) is 65.1 Å². The molecule has 0 aromatic carbocycles. The number of anilines is 3. The van der Waals surface area contributed by atoms with Gasteiger partial charge in [0.15, 0.2) is 0 Å². The Morgan fingerprint density at radius 1 is 0.956 bits per heavy atom. The first-order chi connectivity index (χ1) is 21.6. The van der Waals surface area contributed by atoms with Crippen LogP contribution in [0.15, 0.2) is 35.4 Å². The zero-order valence-electron chi connectivity index (χ0n) is 27.3. The molecular formula is C35H49N7O2S. The maximum Gasteiger partial charge on any atom is 0.325 e. The molecule has 3 aliphatic heterocycles. The standard InChI is InChI=1S/C35H49N7O2S/c1-23-15-26-16-24(2)18-35(17-23,20-26)22-40-13-14-41(33(40)44)29-11-10-27-31(38-29)42-21-25(19-34(42,3)4)7-6-12-36-28-8-5-9-30(37-28)45-39-32(27)43/h5,8-11,23-26H,6-7,12-22H2,1-4H3,(H,36,37)(H,39,43). The molecule has 2 aliphatic carbocycles. The van der Waals surface area contributed by atoms with Crippen LogP contribution in [0.2, 0.25) is 0 Å². The maximum absolute atomic E-state index is 14.0. The van der Waals surface area contributed by atoms with E-state index in [0.717, 1.165) is 74.0 Å². The molecule has 5 heterocycles. The number of carbonyl (C=O) groups is 2. The van der Waals surface area contributed by atoms with E-state index in [1.165, 1.54) is 44.1 Å². The number of fused-ring (bicyclic) bond motifs is 8. The summed E-state index contributed by atoms with van der Waals surface area (Å²) >= 11 is 1.22. The Kier molecular flexibility index (Phi) is 8.15. The molecule has 4 fully saturated rings. The van der Waals surface area contributed by atoms with Crippen LogP contribution in [0.3, 0.4) is 0 Å². The molecule has 3 amide bonds. The van der Waals surface area contributed by atoms with Crippen molar-refractivity contribution in [1.29, 1.82) is 0 Å². The first-order valence-corrected chi connectivity index (χ1v) is 17.9. The van der Waals surface area contributed by atoms with Gasteiger partial charge in [-0.2, -0.15) is 0 Å². The third-order valence-corrected chi connectivity index (χ3v) is 11.8. The second-order valence-corrected chi connectivity index (χ2v) is 16.3. The molecule has 45 heavy (non-hydrogen) atoms. The van der Waals surface area contributed by atoms with E-state index in [-0.39, 0.29) is 22.9 Å². The lowest BCUT2D eigenvalue weighted by molar-refractivity contribution is 0.00149. The Balaban J connectivity index is 1.16. The molecule has 5 aliphatic rings. The molecule has 242 valence electrons. The summed E-state index contributed by atoms with van der Waals surface area (Å²) in [6.07, 6.45) is 9.54.